The van der Waals surface area contributed by atoms with Gasteiger partial charge in [0.1, 0.15) is 0 Å². The van der Waals surface area contributed by atoms with Gasteiger partial charge >= 0.3 is 0 Å². The van der Waals surface area contributed by atoms with Crippen LogP contribution in [0.3, 0.4) is 0 Å². The fourth-order valence-corrected chi connectivity index (χ4v) is 1.40. The summed E-state index contributed by atoms with van der Waals surface area (Å²) in [6.45, 7) is 4.15. The van der Waals surface area contributed by atoms with Gasteiger partial charge in [-0.05, 0) is 11.5 Å². The molecule has 15 heavy (non-hydrogen) atoms. The Labute approximate surface area is 89.2 Å². The van der Waals surface area contributed by atoms with Crippen LogP contribution in [-0.4, -0.2) is 4.92 Å². The van der Waals surface area contributed by atoms with Gasteiger partial charge in [-0.1, -0.05) is 32.4 Å². The Balaban J connectivity index is 2.84. The molecule has 0 bridgehead atoms. The summed E-state index contributed by atoms with van der Waals surface area (Å²) < 4.78 is 0. The zero-order chi connectivity index (χ0) is 11.4. The number of nitro benzene ring substituents is 1. The Hall–Kier alpha value is -1.42. The quantitative estimate of drug-likeness (QED) is 0.610. The van der Waals surface area contributed by atoms with Crippen LogP contribution in [0.15, 0.2) is 24.3 Å². The topological polar surface area (TPSA) is 69.2 Å². The van der Waals surface area contributed by atoms with E-state index < -0.39 is 4.92 Å². The molecule has 2 atom stereocenters. The second-order valence-corrected chi connectivity index (χ2v) is 3.76. The van der Waals surface area contributed by atoms with Gasteiger partial charge < -0.3 is 5.73 Å². The van der Waals surface area contributed by atoms with E-state index in [0.717, 1.165) is 12.0 Å². The van der Waals surface area contributed by atoms with Crippen molar-refractivity contribution in [3.8, 4) is 0 Å². The molecule has 0 heterocycles. The van der Waals surface area contributed by atoms with Crippen molar-refractivity contribution >= 4 is 5.69 Å². The average Bonchev–Trinajstić information content (AvgIpc) is 2.27. The van der Waals surface area contributed by atoms with E-state index in [1.807, 2.05) is 0 Å². The minimum Gasteiger partial charge on any atom is -0.324 e. The first-order chi connectivity index (χ1) is 7.06. The molecule has 0 aromatic heterocycles. The zero-order valence-corrected chi connectivity index (χ0v) is 9.01. The Morgan fingerprint density at radius 2 is 1.93 bits per heavy atom. The molecule has 1 rings (SSSR count). The van der Waals surface area contributed by atoms with Crippen molar-refractivity contribution in [3.63, 3.8) is 0 Å². The lowest BCUT2D eigenvalue weighted by molar-refractivity contribution is -0.384. The maximum Gasteiger partial charge on any atom is 0.269 e. The Morgan fingerprint density at radius 3 is 2.33 bits per heavy atom. The Bertz CT molecular complexity index is 335. The second-order valence-electron chi connectivity index (χ2n) is 3.76. The van der Waals surface area contributed by atoms with E-state index >= 15 is 0 Å². The molecule has 1 aromatic rings. The molecular formula is C11H16N2O2. The number of nitro groups is 1. The lowest BCUT2D eigenvalue weighted by atomic mass is 9.93. The minimum absolute atomic E-state index is 0.0456. The molecule has 0 aliphatic heterocycles. The van der Waals surface area contributed by atoms with Crippen molar-refractivity contribution in [2.45, 2.75) is 26.3 Å². The van der Waals surface area contributed by atoms with Gasteiger partial charge in [0.2, 0.25) is 0 Å². The summed E-state index contributed by atoms with van der Waals surface area (Å²) in [6, 6.07) is 6.41. The van der Waals surface area contributed by atoms with Crippen LogP contribution in [0.1, 0.15) is 31.9 Å². The van der Waals surface area contributed by atoms with Crippen molar-refractivity contribution in [2.24, 2.45) is 11.7 Å². The molecule has 0 aliphatic carbocycles. The first-order valence-corrected chi connectivity index (χ1v) is 5.06. The lowest BCUT2D eigenvalue weighted by Crippen LogP contribution is -2.18. The highest BCUT2D eigenvalue weighted by Crippen LogP contribution is 2.23. The van der Waals surface area contributed by atoms with Gasteiger partial charge in [-0.3, -0.25) is 10.1 Å². The number of benzene rings is 1. The molecule has 0 saturated carbocycles. The molecular weight excluding hydrogens is 192 g/mol. The van der Waals surface area contributed by atoms with Crippen molar-refractivity contribution < 1.29 is 4.92 Å². The normalized spacial score (nSPS) is 14.6. The summed E-state index contributed by atoms with van der Waals surface area (Å²) in [7, 11) is 0. The molecule has 1 aromatic carbocycles. The number of nitrogens with two attached hydrogens (primary N) is 1. The van der Waals surface area contributed by atoms with E-state index in [0.29, 0.717) is 5.92 Å². The van der Waals surface area contributed by atoms with Crippen molar-refractivity contribution in [1.29, 1.82) is 0 Å². The predicted octanol–water partition coefficient (Wildman–Crippen LogP) is 2.64. The maximum absolute atomic E-state index is 10.4. The fourth-order valence-electron chi connectivity index (χ4n) is 1.40. The Morgan fingerprint density at radius 1 is 1.40 bits per heavy atom. The molecule has 1 unspecified atom stereocenters. The van der Waals surface area contributed by atoms with E-state index in [2.05, 4.69) is 13.8 Å². The molecule has 0 saturated heterocycles. The van der Waals surface area contributed by atoms with Crippen LogP contribution in [0.5, 0.6) is 0 Å². The molecule has 0 radical (unpaired) electrons. The third-order valence-corrected chi connectivity index (χ3v) is 2.75. The fraction of sp³-hybridized carbons (Fsp3) is 0.455. The SMILES string of the molecule is CCC(C)[C@@H](N)c1ccc([N+](=O)[O-])cc1. The maximum atomic E-state index is 10.4. The first-order valence-electron chi connectivity index (χ1n) is 5.06. The number of nitrogens with zero attached hydrogens (tertiary/aromatic N) is 1. The van der Waals surface area contributed by atoms with Crippen LogP contribution in [0.2, 0.25) is 0 Å². The van der Waals surface area contributed by atoms with Gasteiger partial charge in [-0.15, -0.1) is 0 Å². The molecule has 0 aliphatic rings. The number of hydrogen-bond acceptors (Lipinski definition) is 3. The van der Waals surface area contributed by atoms with Gasteiger partial charge in [-0.2, -0.15) is 0 Å². The Kier molecular flexibility index (Phi) is 3.80. The molecule has 82 valence electrons. The summed E-state index contributed by atoms with van der Waals surface area (Å²) in [6.07, 6.45) is 0.998. The number of hydrogen-bond donors (Lipinski definition) is 1. The zero-order valence-electron chi connectivity index (χ0n) is 9.01. The number of non-ortho nitro benzene ring substituents is 1. The highest BCUT2D eigenvalue weighted by atomic mass is 16.6. The predicted molar refractivity (Wildman–Crippen MR) is 59.5 cm³/mol. The summed E-state index contributed by atoms with van der Waals surface area (Å²) in [5.41, 5.74) is 7.07. The average molecular weight is 208 g/mol. The van der Waals surface area contributed by atoms with Crippen LogP contribution in [0.4, 0.5) is 5.69 Å². The van der Waals surface area contributed by atoms with E-state index in [1.165, 1.54) is 12.1 Å². The minimum atomic E-state index is -0.404. The summed E-state index contributed by atoms with van der Waals surface area (Å²) in [5.74, 6) is 0.381. The second kappa shape index (κ2) is 4.89. The molecule has 0 spiro atoms. The van der Waals surface area contributed by atoms with E-state index in [-0.39, 0.29) is 11.7 Å². The summed E-state index contributed by atoms with van der Waals surface area (Å²) >= 11 is 0. The largest absolute Gasteiger partial charge is 0.324 e. The standard InChI is InChI=1S/C11H16N2O2/c1-3-8(2)11(12)9-4-6-10(7-5-9)13(14)15/h4-8,11H,3,12H2,1-2H3/t8?,11-/m1/s1. The van der Waals surface area contributed by atoms with E-state index in [1.54, 1.807) is 12.1 Å². The smallest absolute Gasteiger partial charge is 0.269 e. The molecule has 4 nitrogen and oxygen atoms in total. The third kappa shape index (κ3) is 2.76. The van der Waals surface area contributed by atoms with Crippen LogP contribution < -0.4 is 5.73 Å². The highest BCUT2D eigenvalue weighted by molar-refractivity contribution is 5.34. The number of rotatable bonds is 4. The van der Waals surface area contributed by atoms with Gasteiger partial charge in [0.25, 0.3) is 5.69 Å². The van der Waals surface area contributed by atoms with Crippen LogP contribution >= 0.6 is 0 Å². The summed E-state index contributed by atoms with van der Waals surface area (Å²) in [5, 5.41) is 10.4. The molecule has 0 fully saturated rings. The molecule has 2 N–H and O–H groups in total. The van der Waals surface area contributed by atoms with Gasteiger partial charge in [0.05, 0.1) is 4.92 Å². The lowest BCUT2D eigenvalue weighted by Gasteiger charge is -2.18. The van der Waals surface area contributed by atoms with E-state index in [4.69, 9.17) is 5.73 Å². The molecule has 0 amide bonds. The van der Waals surface area contributed by atoms with Gasteiger partial charge in [0.15, 0.2) is 0 Å². The monoisotopic (exact) mass is 208 g/mol. The van der Waals surface area contributed by atoms with Gasteiger partial charge in [-0.25, -0.2) is 0 Å². The van der Waals surface area contributed by atoms with Crippen molar-refractivity contribution in [2.75, 3.05) is 0 Å². The summed E-state index contributed by atoms with van der Waals surface area (Å²) in [4.78, 5) is 10.0. The van der Waals surface area contributed by atoms with Crippen LogP contribution in [0.25, 0.3) is 0 Å². The van der Waals surface area contributed by atoms with E-state index in [9.17, 15) is 10.1 Å². The van der Waals surface area contributed by atoms with Gasteiger partial charge in [0, 0.05) is 18.2 Å². The highest BCUT2D eigenvalue weighted by Gasteiger charge is 2.14. The first kappa shape index (κ1) is 11.7. The molecule has 4 heteroatoms. The van der Waals surface area contributed by atoms with Crippen LogP contribution in [-0.2, 0) is 0 Å². The van der Waals surface area contributed by atoms with Crippen LogP contribution in [0, 0.1) is 16.0 Å². The van der Waals surface area contributed by atoms with Crippen molar-refractivity contribution in [1.82, 2.24) is 0 Å². The van der Waals surface area contributed by atoms with Crippen molar-refractivity contribution in [3.05, 3.63) is 39.9 Å². The third-order valence-electron chi connectivity index (χ3n) is 2.75.